The summed E-state index contributed by atoms with van der Waals surface area (Å²) in [6, 6.07) is 3.62. The lowest BCUT2D eigenvalue weighted by molar-refractivity contribution is -0.130. The van der Waals surface area contributed by atoms with Gasteiger partial charge in [0.15, 0.2) is 0 Å². The van der Waals surface area contributed by atoms with Gasteiger partial charge in [-0.2, -0.15) is 0 Å². The van der Waals surface area contributed by atoms with Crippen LogP contribution in [0.25, 0.3) is 0 Å². The van der Waals surface area contributed by atoms with E-state index in [1.807, 2.05) is 20.0 Å². The molecule has 2 aliphatic rings. The molecule has 0 radical (unpaired) electrons. The van der Waals surface area contributed by atoms with Crippen LogP contribution in [0.4, 0.5) is 15.1 Å². The lowest BCUT2D eigenvalue weighted by Gasteiger charge is -2.35. The van der Waals surface area contributed by atoms with E-state index >= 15 is 0 Å². The van der Waals surface area contributed by atoms with E-state index in [1.165, 1.54) is 19.1 Å². The van der Waals surface area contributed by atoms with Crippen LogP contribution in [0, 0.1) is 5.82 Å². The Hall–Kier alpha value is -2.94. The third-order valence-electron chi connectivity index (χ3n) is 6.32. The minimum atomic E-state index is -0.560. The monoisotopic (exact) mass is 488 g/mol. The van der Waals surface area contributed by atoms with Gasteiger partial charge in [0.1, 0.15) is 5.82 Å². The van der Waals surface area contributed by atoms with Gasteiger partial charge in [-0.25, -0.2) is 19.2 Å². The highest BCUT2D eigenvalue weighted by Gasteiger charge is 2.36. The number of nitrogens with zero attached hydrogens (tertiary/aromatic N) is 4. The highest BCUT2D eigenvalue weighted by molar-refractivity contribution is 6.30. The number of fused-ring (bicyclic) bond motifs is 1. The number of carbonyl (C=O) groups is 2. The summed E-state index contributed by atoms with van der Waals surface area (Å²) in [5.74, 6) is -0.0851. The van der Waals surface area contributed by atoms with E-state index < -0.39 is 11.9 Å². The lowest BCUT2D eigenvalue weighted by atomic mass is 9.97. The topological polar surface area (TPSA) is 90.5 Å². The highest BCUT2D eigenvalue weighted by Crippen LogP contribution is 2.32. The molecule has 10 heteroatoms. The Labute approximate surface area is 203 Å². The van der Waals surface area contributed by atoms with E-state index in [0.29, 0.717) is 37.6 Å². The van der Waals surface area contributed by atoms with Gasteiger partial charge in [0, 0.05) is 32.3 Å². The molecule has 0 saturated carbocycles. The maximum absolute atomic E-state index is 14.3. The lowest BCUT2D eigenvalue weighted by Crippen LogP contribution is -2.50. The molecule has 2 N–H and O–H groups in total. The standard InChI is InChI=1S/C24H30ClFN6O2/c1-14(2)28-23-27-12-17-8-10-31(13-20(17)29-23)24(34)30-22(16-6-7-18(25)19(26)11-16)21-5-4-9-32(21)15(3)33/h6-7,11-12,14,21-22H,4-5,8-10,13H2,1-3H3,(H,30,34)(H,27,28,29)/t21-,22-/m0/s1. The van der Waals surface area contributed by atoms with Crippen LogP contribution >= 0.6 is 11.6 Å². The number of likely N-dealkylation sites (tertiary alicyclic amines) is 1. The Morgan fingerprint density at radius 1 is 1.26 bits per heavy atom. The maximum Gasteiger partial charge on any atom is 0.318 e. The molecular weight excluding hydrogens is 459 g/mol. The van der Waals surface area contributed by atoms with E-state index in [2.05, 4.69) is 20.6 Å². The second-order valence-corrected chi connectivity index (χ2v) is 9.57. The van der Waals surface area contributed by atoms with Crippen LogP contribution in [0.5, 0.6) is 0 Å². The Morgan fingerprint density at radius 3 is 2.76 bits per heavy atom. The predicted molar refractivity (Wildman–Crippen MR) is 128 cm³/mol. The molecule has 2 atom stereocenters. The van der Waals surface area contributed by atoms with Crippen molar-refractivity contribution in [2.75, 3.05) is 18.4 Å². The zero-order chi connectivity index (χ0) is 24.4. The molecular formula is C24H30ClFN6O2. The number of hydrogen-bond donors (Lipinski definition) is 2. The van der Waals surface area contributed by atoms with Gasteiger partial charge >= 0.3 is 6.03 Å². The summed E-state index contributed by atoms with van der Waals surface area (Å²) in [7, 11) is 0. The van der Waals surface area contributed by atoms with Gasteiger partial charge in [-0.1, -0.05) is 17.7 Å². The van der Waals surface area contributed by atoms with Crippen LogP contribution in [-0.4, -0.2) is 56.9 Å². The quantitative estimate of drug-likeness (QED) is 0.666. The third-order valence-corrected chi connectivity index (χ3v) is 6.63. The molecule has 0 bridgehead atoms. The van der Waals surface area contributed by atoms with Crippen molar-refractivity contribution in [2.24, 2.45) is 0 Å². The van der Waals surface area contributed by atoms with E-state index in [9.17, 15) is 14.0 Å². The zero-order valence-electron chi connectivity index (χ0n) is 19.6. The molecule has 1 aromatic carbocycles. The smallest absolute Gasteiger partial charge is 0.318 e. The highest BCUT2D eigenvalue weighted by atomic mass is 35.5. The minimum Gasteiger partial charge on any atom is -0.352 e. The van der Waals surface area contributed by atoms with Crippen LogP contribution in [0.3, 0.4) is 0 Å². The maximum atomic E-state index is 14.3. The second-order valence-electron chi connectivity index (χ2n) is 9.16. The predicted octanol–water partition coefficient (Wildman–Crippen LogP) is 3.91. The van der Waals surface area contributed by atoms with E-state index in [0.717, 1.165) is 24.1 Å². The summed E-state index contributed by atoms with van der Waals surface area (Å²) in [5.41, 5.74) is 2.41. The van der Waals surface area contributed by atoms with Crippen molar-refractivity contribution in [3.8, 4) is 0 Å². The van der Waals surface area contributed by atoms with Gasteiger partial charge in [-0.05, 0) is 56.4 Å². The third kappa shape index (κ3) is 5.24. The first-order valence-electron chi connectivity index (χ1n) is 11.6. The zero-order valence-corrected chi connectivity index (χ0v) is 20.4. The van der Waals surface area contributed by atoms with Gasteiger partial charge in [0.05, 0.1) is 29.3 Å². The molecule has 3 amide bonds. The molecule has 8 nitrogen and oxygen atoms in total. The summed E-state index contributed by atoms with van der Waals surface area (Å²) in [6.45, 7) is 7.01. The molecule has 1 fully saturated rings. The molecule has 3 heterocycles. The molecule has 182 valence electrons. The van der Waals surface area contributed by atoms with Gasteiger partial charge in [-0.15, -0.1) is 0 Å². The van der Waals surface area contributed by atoms with Gasteiger partial charge in [0.25, 0.3) is 0 Å². The number of halogens is 2. The summed E-state index contributed by atoms with van der Waals surface area (Å²) in [5, 5.41) is 6.28. The molecule has 34 heavy (non-hydrogen) atoms. The average molecular weight is 489 g/mol. The summed E-state index contributed by atoms with van der Waals surface area (Å²) >= 11 is 5.89. The number of carbonyl (C=O) groups excluding carboxylic acids is 2. The molecule has 0 aliphatic carbocycles. The van der Waals surface area contributed by atoms with Crippen LogP contribution in [0.2, 0.25) is 5.02 Å². The van der Waals surface area contributed by atoms with Crippen molar-refractivity contribution in [3.63, 3.8) is 0 Å². The van der Waals surface area contributed by atoms with Crippen molar-refractivity contribution in [1.29, 1.82) is 0 Å². The number of amides is 3. The minimum absolute atomic E-state index is 0.0156. The van der Waals surface area contributed by atoms with Gasteiger partial charge < -0.3 is 20.4 Å². The normalized spacial score (nSPS) is 18.6. The van der Waals surface area contributed by atoms with Gasteiger partial charge in [0.2, 0.25) is 11.9 Å². The first-order valence-corrected chi connectivity index (χ1v) is 12.0. The number of anilines is 1. The van der Waals surface area contributed by atoms with Crippen molar-refractivity contribution in [1.82, 2.24) is 25.1 Å². The molecule has 1 saturated heterocycles. The second kappa shape index (κ2) is 10.1. The van der Waals surface area contributed by atoms with Crippen molar-refractivity contribution in [3.05, 3.63) is 52.1 Å². The number of rotatable bonds is 5. The number of aromatic nitrogens is 2. The van der Waals surface area contributed by atoms with Crippen LogP contribution in [0.1, 0.15) is 56.5 Å². The van der Waals surface area contributed by atoms with Crippen LogP contribution in [-0.2, 0) is 17.8 Å². The van der Waals surface area contributed by atoms with Crippen molar-refractivity contribution < 1.29 is 14.0 Å². The molecule has 1 aromatic heterocycles. The molecule has 2 aliphatic heterocycles. The summed E-state index contributed by atoms with van der Waals surface area (Å²) in [6.07, 6.45) is 4.00. The Kier molecular flexibility index (Phi) is 7.21. The van der Waals surface area contributed by atoms with Crippen molar-refractivity contribution >= 4 is 29.5 Å². The van der Waals surface area contributed by atoms with Gasteiger partial charge in [-0.3, -0.25) is 4.79 Å². The Morgan fingerprint density at radius 2 is 2.06 bits per heavy atom. The van der Waals surface area contributed by atoms with Crippen LogP contribution in [0.15, 0.2) is 24.4 Å². The first kappa shape index (κ1) is 24.2. The molecule has 2 aromatic rings. The average Bonchev–Trinajstić information content (AvgIpc) is 3.28. The number of hydrogen-bond acceptors (Lipinski definition) is 5. The fourth-order valence-corrected chi connectivity index (χ4v) is 4.78. The van der Waals surface area contributed by atoms with E-state index in [-0.39, 0.29) is 29.0 Å². The number of nitrogens with one attached hydrogen (secondary N) is 2. The first-order chi connectivity index (χ1) is 16.2. The number of benzene rings is 1. The van der Waals surface area contributed by atoms with E-state index in [4.69, 9.17) is 11.6 Å². The van der Waals surface area contributed by atoms with Crippen molar-refractivity contribution in [2.45, 2.75) is 64.7 Å². The fourth-order valence-electron chi connectivity index (χ4n) is 4.67. The SMILES string of the molecule is CC(=O)N1CCC[C@H]1[C@@H](NC(=O)N1CCc2cnc(NC(C)C)nc2C1)c1ccc(Cl)c(F)c1. The fraction of sp³-hybridized carbons (Fsp3) is 0.500. The Bertz CT molecular complexity index is 1080. The number of urea groups is 1. The summed E-state index contributed by atoms with van der Waals surface area (Å²) < 4.78 is 14.3. The largest absolute Gasteiger partial charge is 0.352 e. The van der Waals surface area contributed by atoms with Crippen LogP contribution < -0.4 is 10.6 Å². The van der Waals surface area contributed by atoms with E-state index in [1.54, 1.807) is 15.9 Å². The Balaban J connectivity index is 1.56. The summed E-state index contributed by atoms with van der Waals surface area (Å²) in [4.78, 5) is 38.0. The molecule has 4 rings (SSSR count). The molecule has 0 spiro atoms. The molecule has 0 unspecified atom stereocenters.